The molecule has 0 bridgehead atoms. The minimum atomic E-state index is 0.209. The minimum Gasteiger partial charge on any atom is -0.341 e. The summed E-state index contributed by atoms with van der Waals surface area (Å²) >= 11 is 0. The Hall–Kier alpha value is -1.43. The topological polar surface area (TPSA) is 63.1 Å². The largest absolute Gasteiger partial charge is 0.341 e. The van der Waals surface area contributed by atoms with Crippen LogP contribution in [0.2, 0.25) is 0 Å². The fourth-order valence-corrected chi connectivity index (χ4v) is 2.16. The summed E-state index contributed by atoms with van der Waals surface area (Å²) in [6, 6.07) is 0.444. The van der Waals surface area contributed by atoms with Gasteiger partial charge in [-0.25, -0.2) is 4.98 Å². The van der Waals surface area contributed by atoms with E-state index in [0.717, 1.165) is 25.9 Å². The first-order valence-corrected chi connectivity index (χ1v) is 6.07. The molecule has 0 aliphatic carbocycles. The van der Waals surface area contributed by atoms with Crippen LogP contribution in [0.15, 0.2) is 12.7 Å². The van der Waals surface area contributed by atoms with Gasteiger partial charge < -0.3 is 10.2 Å². The number of carbonyl (C=O) groups is 1. The first kappa shape index (κ1) is 12.0. The lowest BCUT2D eigenvalue weighted by atomic mass is 10.1. The van der Waals surface area contributed by atoms with Crippen molar-refractivity contribution in [3.8, 4) is 0 Å². The first-order chi connectivity index (χ1) is 8.29. The van der Waals surface area contributed by atoms with Gasteiger partial charge in [0, 0.05) is 25.6 Å². The van der Waals surface area contributed by atoms with Crippen molar-refractivity contribution in [2.45, 2.75) is 31.8 Å². The first-order valence-electron chi connectivity index (χ1n) is 6.07. The Bertz CT molecular complexity index is 351. The Morgan fingerprint density at radius 3 is 3.18 bits per heavy atom. The second-order valence-electron chi connectivity index (χ2n) is 4.38. The number of nitrogens with zero attached hydrogens (tertiary/aromatic N) is 4. The number of hydrogen-bond donors (Lipinski definition) is 1. The zero-order chi connectivity index (χ0) is 12.1. The summed E-state index contributed by atoms with van der Waals surface area (Å²) in [6.45, 7) is 2.32. The molecule has 2 rings (SSSR count). The standard InChI is InChI=1S/C11H19N5O/c1-12-10-3-2-5-15(7-10)11(17)4-6-16-9-13-8-14-16/h8-10,12H,2-7H2,1H3. The number of aryl methyl sites for hydroxylation is 1. The molecule has 1 atom stereocenters. The van der Waals surface area contributed by atoms with Crippen molar-refractivity contribution in [2.24, 2.45) is 0 Å². The van der Waals surface area contributed by atoms with Gasteiger partial charge in [-0.2, -0.15) is 5.10 Å². The molecule has 17 heavy (non-hydrogen) atoms. The maximum atomic E-state index is 12.0. The predicted octanol–water partition coefficient (Wildman–Crippen LogP) is -0.121. The molecule has 1 amide bonds. The molecule has 1 unspecified atom stereocenters. The molecular weight excluding hydrogens is 218 g/mol. The van der Waals surface area contributed by atoms with Crippen LogP contribution < -0.4 is 5.32 Å². The zero-order valence-corrected chi connectivity index (χ0v) is 10.2. The average molecular weight is 237 g/mol. The number of likely N-dealkylation sites (tertiary alicyclic amines) is 1. The van der Waals surface area contributed by atoms with Crippen molar-refractivity contribution in [2.75, 3.05) is 20.1 Å². The number of rotatable bonds is 4. The number of amides is 1. The zero-order valence-electron chi connectivity index (χ0n) is 10.2. The summed E-state index contributed by atoms with van der Waals surface area (Å²) in [7, 11) is 1.95. The monoisotopic (exact) mass is 237 g/mol. The van der Waals surface area contributed by atoms with Crippen molar-refractivity contribution >= 4 is 5.91 Å². The van der Waals surface area contributed by atoms with E-state index in [1.807, 2.05) is 11.9 Å². The molecule has 1 N–H and O–H groups in total. The van der Waals surface area contributed by atoms with E-state index in [4.69, 9.17) is 0 Å². The maximum absolute atomic E-state index is 12.0. The van der Waals surface area contributed by atoms with Gasteiger partial charge in [0.1, 0.15) is 12.7 Å². The fourth-order valence-electron chi connectivity index (χ4n) is 2.16. The molecule has 6 heteroatoms. The fraction of sp³-hybridized carbons (Fsp3) is 0.727. The summed E-state index contributed by atoms with van der Waals surface area (Å²) in [5.74, 6) is 0.209. The molecule has 0 spiro atoms. The number of likely N-dealkylation sites (N-methyl/N-ethyl adjacent to an activating group) is 1. The van der Waals surface area contributed by atoms with Crippen LogP contribution in [0.3, 0.4) is 0 Å². The highest BCUT2D eigenvalue weighted by Crippen LogP contribution is 2.11. The molecule has 1 aromatic rings. The maximum Gasteiger partial charge on any atom is 0.224 e. The van der Waals surface area contributed by atoms with Crippen LogP contribution in [0, 0.1) is 0 Å². The smallest absolute Gasteiger partial charge is 0.224 e. The van der Waals surface area contributed by atoms with Gasteiger partial charge in [-0.15, -0.1) is 0 Å². The van der Waals surface area contributed by atoms with Crippen molar-refractivity contribution in [1.29, 1.82) is 0 Å². The molecule has 1 aliphatic rings. The van der Waals surface area contributed by atoms with Crippen LogP contribution in [-0.4, -0.2) is 51.8 Å². The summed E-state index contributed by atoms with van der Waals surface area (Å²) in [5.41, 5.74) is 0. The van der Waals surface area contributed by atoms with Crippen LogP contribution in [0.5, 0.6) is 0 Å². The molecule has 2 heterocycles. The Morgan fingerprint density at radius 2 is 2.47 bits per heavy atom. The molecule has 1 fully saturated rings. The summed E-state index contributed by atoms with van der Waals surface area (Å²) in [5, 5.41) is 7.22. The third-order valence-electron chi connectivity index (χ3n) is 3.20. The Morgan fingerprint density at radius 1 is 1.59 bits per heavy atom. The molecule has 1 saturated heterocycles. The van der Waals surface area contributed by atoms with Crippen LogP contribution in [0.4, 0.5) is 0 Å². The van der Waals surface area contributed by atoms with Gasteiger partial charge >= 0.3 is 0 Å². The van der Waals surface area contributed by atoms with Gasteiger partial charge in [-0.1, -0.05) is 0 Å². The molecule has 1 aliphatic heterocycles. The summed E-state index contributed by atoms with van der Waals surface area (Å²) in [4.78, 5) is 17.8. The molecule has 0 aromatic carbocycles. The van der Waals surface area contributed by atoms with Gasteiger partial charge in [-0.05, 0) is 19.9 Å². The lowest BCUT2D eigenvalue weighted by Crippen LogP contribution is -2.47. The van der Waals surface area contributed by atoms with E-state index in [9.17, 15) is 4.79 Å². The van der Waals surface area contributed by atoms with Crippen molar-refractivity contribution in [1.82, 2.24) is 25.0 Å². The van der Waals surface area contributed by atoms with Crippen LogP contribution in [0.25, 0.3) is 0 Å². The number of carbonyl (C=O) groups excluding carboxylic acids is 1. The van der Waals surface area contributed by atoms with Gasteiger partial charge in [0.15, 0.2) is 0 Å². The normalized spacial score (nSPS) is 20.5. The Balaban J connectivity index is 1.79. The highest BCUT2D eigenvalue weighted by Gasteiger charge is 2.22. The predicted molar refractivity (Wildman–Crippen MR) is 63.3 cm³/mol. The second-order valence-corrected chi connectivity index (χ2v) is 4.38. The highest BCUT2D eigenvalue weighted by molar-refractivity contribution is 5.76. The van der Waals surface area contributed by atoms with E-state index >= 15 is 0 Å². The van der Waals surface area contributed by atoms with Gasteiger partial charge in [-0.3, -0.25) is 9.48 Å². The number of piperidine rings is 1. The quantitative estimate of drug-likeness (QED) is 0.793. The molecular formula is C11H19N5O. The third kappa shape index (κ3) is 3.26. The number of nitrogens with one attached hydrogen (secondary N) is 1. The lowest BCUT2D eigenvalue weighted by Gasteiger charge is -2.32. The third-order valence-corrected chi connectivity index (χ3v) is 3.20. The molecule has 94 valence electrons. The van der Waals surface area contributed by atoms with Crippen LogP contribution >= 0.6 is 0 Å². The number of aromatic nitrogens is 3. The Kier molecular flexibility index (Phi) is 4.08. The summed E-state index contributed by atoms with van der Waals surface area (Å²) < 4.78 is 1.69. The van der Waals surface area contributed by atoms with E-state index in [1.165, 1.54) is 6.33 Å². The van der Waals surface area contributed by atoms with Crippen LogP contribution in [0.1, 0.15) is 19.3 Å². The van der Waals surface area contributed by atoms with Crippen molar-refractivity contribution < 1.29 is 4.79 Å². The molecule has 0 saturated carbocycles. The van der Waals surface area contributed by atoms with E-state index in [1.54, 1.807) is 11.0 Å². The molecule has 1 aromatic heterocycles. The SMILES string of the molecule is CNC1CCCN(C(=O)CCn2cncn2)C1. The summed E-state index contributed by atoms with van der Waals surface area (Å²) in [6.07, 6.45) is 5.87. The van der Waals surface area contributed by atoms with E-state index < -0.39 is 0 Å². The van der Waals surface area contributed by atoms with E-state index in [2.05, 4.69) is 15.4 Å². The molecule has 6 nitrogen and oxygen atoms in total. The second kappa shape index (κ2) is 5.77. The van der Waals surface area contributed by atoms with Gasteiger partial charge in [0.25, 0.3) is 0 Å². The Labute approximate surface area is 101 Å². The average Bonchev–Trinajstić information content (AvgIpc) is 2.89. The van der Waals surface area contributed by atoms with Crippen molar-refractivity contribution in [3.05, 3.63) is 12.7 Å². The minimum absolute atomic E-state index is 0.209. The molecule has 0 radical (unpaired) electrons. The number of hydrogen-bond acceptors (Lipinski definition) is 4. The van der Waals surface area contributed by atoms with Gasteiger partial charge in [0.2, 0.25) is 5.91 Å². The van der Waals surface area contributed by atoms with E-state index in [0.29, 0.717) is 19.0 Å². The lowest BCUT2D eigenvalue weighted by molar-refractivity contribution is -0.132. The van der Waals surface area contributed by atoms with E-state index in [-0.39, 0.29) is 5.91 Å². The van der Waals surface area contributed by atoms with Crippen LogP contribution in [-0.2, 0) is 11.3 Å². The van der Waals surface area contributed by atoms with Crippen molar-refractivity contribution in [3.63, 3.8) is 0 Å². The van der Waals surface area contributed by atoms with Gasteiger partial charge in [0.05, 0.1) is 6.54 Å². The highest BCUT2D eigenvalue weighted by atomic mass is 16.2.